The molecule has 0 heterocycles. The van der Waals surface area contributed by atoms with Crippen molar-refractivity contribution in [2.45, 2.75) is 43.1 Å². The molecular weight excluding hydrogens is 272 g/mol. The first-order valence-corrected chi connectivity index (χ1v) is 6.66. The maximum atomic E-state index is 12.4. The average Bonchev–Trinajstić information content (AvgIpc) is 2.27. The van der Waals surface area contributed by atoms with E-state index in [1.807, 2.05) is 0 Å². The van der Waals surface area contributed by atoms with Gasteiger partial charge in [-0.3, -0.25) is 4.79 Å². The Labute approximate surface area is 115 Å². The van der Waals surface area contributed by atoms with E-state index in [0.29, 0.717) is 11.8 Å². The SMILES string of the molecule is CC(O)C(C)(C)NC(=O)c1ccccc1SC(F)F. The van der Waals surface area contributed by atoms with Crippen molar-refractivity contribution in [2.24, 2.45) is 0 Å². The van der Waals surface area contributed by atoms with Crippen molar-refractivity contribution in [2.75, 3.05) is 0 Å². The summed E-state index contributed by atoms with van der Waals surface area (Å²) < 4.78 is 24.8. The molecule has 0 radical (unpaired) electrons. The molecule has 0 aromatic heterocycles. The largest absolute Gasteiger partial charge is 0.391 e. The number of hydrogen-bond acceptors (Lipinski definition) is 3. The van der Waals surface area contributed by atoms with E-state index in [9.17, 15) is 18.7 Å². The molecule has 1 aromatic carbocycles. The Morgan fingerprint density at radius 3 is 2.47 bits per heavy atom. The maximum absolute atomic E-state index is 12.4. The molecule has 0 fully saturated rings. The molecular formula is C13H17F2NO2S. The van der Waals surface area contributed by atoms with Crippen LogP contribution in [-0.2, 0) is 0 Å². The Morgan fingerprint density at radius 2 is 1.95 bits per heavy atom. The molecule has 0 saturated carbocycles. The van der Waals surface area contributed by atoms with Crippen LogP contribution in [0.25, 0.3) is 0 Å². The van der Waals surface area contributed by atoms with E-state index in [1.165, 1.54) is 12.1 Å². The number of amides is 1. The Kier molecular flexibility index (Phi) is 5.31. The minimum absolute atomic E-state index is 0.182. The summed E-state index contributed by atoms with van der Waals surface area (Å²) in [6, 6.07) is 6.17. The number of halogens is 2. The fourth-order valence-electron chi connectivity index (χ4n) is 1.32. The topological polar surface area (TPSA) is 49.3 Å². The normalized spacial score (nSPS) is 13.4. The molecule has 1 rings (SSSR count). The zero-order valence-corrected chi connectivity index (χ0v) is 11.8. The number of alkyl halides is 2. The van der Waals surface area contributed by atoms with Crippen LogP contribution in [-0.4, -0.2) is 28.4 Å². The van der Waals surface area contributed by atoms with Crippen LogP contribution in [0.2, 0.25) is 0 Å². The number of aliphatic hydroxyl groups is 1. The molecule has 1 amide bonds. The van der Waals surface area contributed by atoms with Crippen molar-refractivity contribution in [3.05, 3.63) is 29.8 Å². The zero-order chi connectivity index (χ0) is 14.6. The predicted molar refractivity (Wildman–Crippen MR) is 71.5 cm³/mol. The summed E-state index contributed by atoms with van der Waals surface area (Å²) >= 11 is 0.331. The standard InChI is InChI=1S/C13H17F2NO2S/c1-8(17)13(2,3)16-11(18)9-6-4-5-7-10(9)19-12(14)15/h4-8,12,17H,1-3H3,(H,16,18). The minimum atomic E-state index is -2.58. The lowest BCUT2D eigenvalue weighted by atomic mass is 9.98. The maximum Gasteiger partial charge on any atom is 0.288 e. The number of aliphatic hydroxyl groups excluding tert-OH is 1. The van der Waals surface area contributed by atoms with Crippen LogP contribution in [0.5, 0.6) is 0 Å². The molecule has 1 atom stereocenters. The number of hydrogen-bond donors (Lipinski definition) is 2. The first-order chi connectivity index (χ1) is 8.74. The highest BCUT2D eigenvalue weighted by molar-refractivity contribution is 7.99. The van der Waals surface area contributed by atoms with Crippen LogP contribution >= 0.6 is 11.8 Å². The molecule has 106 valence electrons. The number of rotatable bonds is 5. The van der Waals surface area contributed by atoms with E-state index >= 15 is 0 Å². The van der Waals surface area contributed by atoms with Crippen molar-refractivity contribution < 1.29 is 18.7 Å². The van der Waals surface area contributed by atoms with Gasteiger partial charge >= 0.3 is 0 Å². The second kappa shape index (κ2) is 6.34. The van der Waals surface area contributed by atoms with Gasteiger partial charge in [-0.1, -0.05) is 23.9 Å². The quantitative estimate of drug-likeness (QED) is 0.819. The molecule has 1 aromatic rings. The molecule has 3 nitrogen and oxygen atoms in total. The molecule has 0 saturated heterocycles. The van der Waals surface area contributed by atoms with Crippen molar-refractivity contribution >= 4 is 17.7 Å². The summed E-state index contributed by atoms with van der Waals surface area (Å²) in [5.74, 6) is -3.06. The molecule has 0 aliphatic heterocycles. The van der Waals surface area contributed by atoms with Gasteiger partial charge in [-0.25, -0.2) is 0 Å². The van der Waals surface area contributed by atoms with Crippen LogP contribution in [0, 0.1) is 0 Å². The van der Waals surface area contributed by atoms with Gasteiger partial charge in [0, 0.05) is 4.90 Å². The Morgan fingerprint density at radius 1 is 1.37 bits per heavy atom. The summed E-state index contributed by atoms with van der Waals surface area (Å²) in [6.45, 7) is 4.89. The third kappa shape index (κ3) is 4.47. The van der Waals surface area contributed by atoms with Crippen LogP contribution in [0.4, 0.5) is 8.78 Å². The Balaban J connectivity index is 2.94. The lowest BCUT2D eigenvalue weighted by Crippen LogP contribution is -2.51. The van der Waals surface area contributed by atoms with Gasteiger partial charge in [-0.05, 0) is 32.9 Å². The van der Waals surface area contributed by atoms with Crippen LogP contribution in [0.15, 0.2) is 29.2 Å². The number of nitrogens with one attached hydrogen (secondary N) is 1. The van der Waals surface area contributed by atoms with Gasteiger partial charge in [0.05, 0.1) is 17.2 Å². The van der Waals surface area contributed by atoms with E-state index in [2.05, 4.69) is 5.32 Å². The summed E-state index contributed by atoms with van der Waals surface area (Å²) in [4.78, 5) is 12.3. The number of thioether (sulfide) groups is 1. The van der Waals surface area contributed by atoms with Crippen molar-refractivity contribution in [3.63, 3.8) is 0 Å². The van der Waals surface area contributed by atoms with E-state index in [-0.39, 0.29) is 10.5 Å². The van der Waals surface area contributed by atoms with Gasteiger partial charge in [0.1, 0.15) is 0 Å². The second-order valence-electron chi connectivity index (χ2n) is 4.73. The first kappa shape index (κ1) is 15.9. The zero-order valence-electron chi connectivity index (χ0n) is 11.0. The number of carbonyl (C=O) groups is 1. The predicted octanol–water partition coefficient (Wildman–Crippen LogP) is 2.89. The van der Waals surface area contributed by atoms with Gasteiger partial charge in [-0.15, -0.1) is 0 Å². The summed E-state index contributed by atoms with van der Waals surface area (Å²) in [5, 5.41) is 12.2. The molecule has 1 unspecified atom stereocenters. The molecule has 0 aliphatic carbocycles. The summed E-state index contributed by atoms with van der Waals surface area (Å²) in [5.41, 5.74) is -0.652. The van der Waals surface area contributed by atoms with E-state index in [0.717, 1.165) is 0 Å². The highest BCUT2D eigenvalue weighted by atomic mass is 32.2. The highest BCUT2D eigenvalue weighted by Gasteiger charge is 2.27. The molecule has 0 bridgehead atoms. The van der Waals surface area contributed by atoms with Crippen molar-refractivity contribution in [1.82, 2.24) is 5.32 Å². The Bertz CT molecular complexity index is 450. The van der Waals surface area contributed by atoms with E-state index in [1.54, 1.807) is 32.9 Å². The van der Waals surface area contributed by atoms with Crippen molar-refractivity contribution in [3.8, 4) is 0 Å². The Hall–Kier alpha value is -1.14. The molecule has 6 heteroatoms. The monoisotopic (exact) mass is 289 g/mol. The minimum Gasteiger partial charge on any atom is -0.391 e. The average molecular weight is 289 g/mol. The number of carbonyl (C=O) groups excluding carboxylic acids is 1. The second-order valence-corrected chi connectivity index (χ2v) is 5.76. The third-order valence-electron chi connectivity index (χ3n) is 2.83. The first-order valence-electron chi connectivity index (χ1n) is 5.78. The third-order valence-corrected chi connectivity index (χ3v) is 3.62. The summed E-state index contributed by atoms with van der Waals surface area (Å²) in [7, 11) is 0. The fourth-order valence-corrected chi connectivity index (χ4v) is 1.95. The molecule has 0 aliphatic rings. The van der Waals surface area contributed by atoms with Gasteiger partial charge in [0.25, 0.3) is 11.7 Å². The van der Waals surface area contributed by atoms with Gasteiger partial charge in [0.15, 0.2) is 0 Å². The lowest BCUT2D eigenvalue weighted by molar-refractivity contribution is 0.0707. The van der Waals surface area contributed by atoms with E-state index in [4.69, 9.17) is 0 Å². The van der Waals surface area contributed by atoms with Crippen LogP contribution < -0.4 is 5.32 Å². The van der Waals surface area contributed by atoms with Gasteiger partial charge in [0.2, 0.25) is 0 Å². The smallest absolute Gasteiger partial charge is 0.288 e. The fraction of sp³-hybridized carbons (Fsp3) is 0.462. The van der Waals surface area contributed by atoms with E-state index < -0.39 is 23.3 Å². The van der Waals surface area contributed by atoms with Crippen LogP contribution in [0.1, 0.15) is 31.1 Å². The van der Waals surface area contributed by atoms with Gasteiger partial charge in [-0.2, -0.15) is 8.78 Å². The number of benzene rings is 1. The molecule has 0 spiro atoms. The summed E-state index contributed by atoms with van der Waals surface area (Å²) in [6.07, 6.45) is -0.758. The van der Waals surface area contributed by atoms with Crippen molar-refractivity contribution in [1.29, 1.82) is 0 Å². The molecule has 2 N–H and O–H groups in total. The van der Waals surface area contributed by atoms with Crippen LogP contribution in [0.3, 0.4) is 0 Å². The molecule has 19 heavy (non-hydrogen) atoms. The lowest BCUT2D eigenvalue weighted by Gasteiger charge is -2.29. The highest BCUT2D eigenvalue weighted by Crippen LogP contribution is 2.28. The van der Waals surface area contributed by atoms with Gasteiger partial charge < -0.3 is 10.4 Å².